The highest BCUT2D eigenvalue weighted by Gasteiger charge is 2.30. The highest BCUT2D eigenvalue weighted by atomic mass is 16.2. The quantitative estimate of drug-likeness (QED) is 0.827. The average molecular weight is 282 g/mol. The number of carbonyl (C=O) groups excluding carboxylic acids is 1. The number of hydrogen-bond donors (Lipinski definition) is 2. The maximum absolute atomic E-state index is 12.7. The normalized spacial score (nSPS) is 17.9. The Morgan fingerprint density at radius 2 is 1.81 bits per heavy atom. The number of nitrogen functional groups attached to an aromatic ring is 2. The largest absolute Gasteiger partial charge is 0.399 e. The molecule has 1 aliphatic heterocycles. The number of carbonyl (C=O) groups is 1. The Kier molecular flexibility index (Phi) is 3.48. The van der Waals surface area contributed by atoms with Gasteiger partial charge < -0.3 is 16.4 Å². The Morgan fingerprint density at radius 3 is 2.48 bits per heavy atom. The van der Waals surface area contributed by atoms with Gasteiger partial charge in [-0.3, -0.25) is 9.78 Å². The summed E-state index contributed by atoms with van der Waals surface area (Å²) >= 11 is 0. The smallest absolute Gasteiger partial charge is 0.254 e. The number of amides is 1. The molecule has 4 N–H and O–H groups in total. The Bertz CT molecular complexity index is 636. The van der Waals surface area contributed by atoms with Crippen LogP contribution in [-0.2, 0) is 0 Å². The first kappa shape index (κ1) is 13.4. The summed E-state index contributed by atoms with van der Waals surface area (Å²) in [5.74, 6) is -0.0201. The van der Waals surface area contributed by atoms with Crippen molar-refractivity contribution < 1.29 is 4.79 Å². The first-order valence-electron chi connectivity index (χ1n) is 7.02. The van der Waals surface area contributed by atoms with Crippen LogP contribution in [0.15, 0.2) is 42.7 Å². The summed E-state index contributed by atoms with van der Waals surface area (Å²) in [6.45, 7) is 0.751. The molecule has 0 saturated carbocycles. The molecule has 1 atom stereocenters. The zero-order valence-corrected chi connectivity index (χ0v) is 11.7. The van der Waals surface area contributed by atoms with E-state index in [0.29, 0.717) is 16.9 Å². The minimum atomic E-state index is -0.0201. The van der Waals surface area contributed by atoms with Gasteiger partial charge in [0.25, 0.3) is 5.91 Å². The molecule has 5 nitrogen and oxygen atoms in total. The van der Waals surface area contributed by atoms with E-state index in [-0.39, 0.29) is 11.9 Å². The van der Waals surface area contributed by atoms with Crippen molar-refractivity contribution in [1.29, 1.82) is 0 Å². The van der Waals surface area contributed by atoms with Crippen LogP contribution >= 0.6 is 0 Å². The van der Waals surface area contributed by atoms with E-state index in [1.807, 2.05) is 17.0 Å². The number of rotatable bonds is 2. The second kappa shape index (κ2) is 5.44. The van der Waals surface area contributed by atoms with E-state index in [9.17, 15) is 4.79 Å². The monoisotopic (exact) mass is 282 g/mol. The zero-order chi connectivity index (χ0) is 14.8. The molecule has 2 aromatic rings. The summed E-state index contributed by atoms with van der Waals surface area (Å²) in [5, 5.41) is 0. The van der Waals surface area contributed by atoms with Crippen LogP contribution in [0.3, 0.4) is 0 Å². The van der Waals surface area contributed by atoms with Gasteiger partial charge in [-0.05, 0) is 48.7 Å². The third-order valence-electron chi connectivity index (χ3n) is 3.83. The molecule has 1 saturated heterocycles. The third-order valence-corrected chi connectivity index (χ3v) is 3.83. The molecule has 21 heavy (non-hydrogen) atoms. The van der Waals surface area contributed by atoms with E-state index >= 15 is 0 Å². The molecule has 1 aromatic heterocycles. The molecule has 1 amide bonds. The third kappa shape index (κ3) is 2.67. The summed E-state index contributed by atoms with van der Waals surface area (Å²) in [4.78, 5) is 18.7. The number of likely N-dealkylation sites (tertiary alicyclic amines) is 1. The van der Waals surface area contributed by atoms with E-state index in [0.717, 1.165) is 24.9 Å². The highest BCUT2D eigenvalue weighted by Crippen LogP contribution is 2.33. The van der Waals surface area contributed by atoms with Crippen molar-refractivity contribution in [2.75, 3.05) is 18.0 Å². The van der Waals surface area contributed by atoms with Crippen molar-refractivity contribution in [1.82, 2.24) is 9.88 Å². The predicted molar refractivity (Wildman–Crippen MR) is 82.5 cm³/mol. The van der Waals surface area contributed by atoms with Crippen molar-refractivity contribution in [3.63, 3.8) is 0 Å². The molecule has 0 radical (unpaired) electrons. The Morgan fingerprint density at radius 1 is 1.14 bits per heavy atom. The lowest BCUT2D eigenvalue weighted by atomic mass is 10.1. The number of aromatic nitrogens is 1. The van der Waals surface area contributed by atoms with E-state index in [4.69, 9.17) is 11.5 Å². The summed E-state index contributed by atoms with van der Waals surface area (Å²) in [6.07, 6.45) is 5.48. The topological polar surface area (TPSA) is 85.2 Å². The lowest BCUT2D eigenvalue weighted by molar-refractivity contribution is 0.0735. The number of nitrogens with two attached hydrogens (primary N) is 2. The molecular weight excluding hydrogens is 264 g/mol. The van der Waals surface area contributed by atoms with Crippen molar-refractivity contribution in [2.45, 2.75) is 18.9 Å². The standard InChI is InChI=1S/C16H18N4O/c17-13-8-12(9-14(18)10-13)16(21)20-7-1-2-15(20)11-3-5-19-6-4-11/h3-6,8-10,15H,1-2,7,17-18H2. The molecule has 108 valence electrons. The number of nitrogens with zero attached hydrogens (tertiary/aromatic N) is 2. The van der Waals surface area contributed by atoms with Gasteiger partial charge in [-0.15, -0.1) is 0 Å². The Balaban J connectivity index is 1.90. The fourth-order valence-corrected chi connectivity index (χ4v) is 2.91. The van der Waals surface area contributed by atoms with Crippen LogP contribution in [0.5, 0.6) is 0 Å². The Labute approximate surface area is 123 Å². The number of pyridine rings is 1. The lowest BCUT2D eigenvalue weighted by Crippen LogP contribution is -2.30. The van der Waals surface area contributed by atoms with Gasteiger partial charge in [0.05, 0.1) is 6.04 Å². The van der Waals surface area contributed by atoms with Crippen LogP contribution in [0.1, 0.15) is 34.8 Å². The maximum atomic E-state index is 12.7. The highest BCUT2D eigenvalue weighted by molar-refractivity contribution is 5.96. The fraction of sp³-hybridized carbons (Fsp3) is 0.250. The van der Waals surface area contributed by atoms with Crippen molar-refractivity contribution in [3.8, 4) is 0 Å². The lowest BCUT2D eigenvalue weighted by Gasteiger charge is -2.25. The van der Waals surface area contributed by atoms with Crippen LogP contribution in [-0.4, -0.2) is 22.3 Å². The molecule has 3 rings (SSSR count). The predicted octanol–water partition coefficient (Wildman–Crippen LogP) is 2.22. The van der Waals surface area contributed by atoms with Gasteiger partial charge in [-0.1, -0.05) is 0 Å². The second-order valence-corrected chi connectivity index (χ2v) is 5.33. The molecule has 1 aliphatic rings. The number of hydrogen-bond acceptors (Lipinski definition) is 4. The van der Waals surface area contributed by atoms with E-state index < -0.39 is 0 Å². The number of anilines is 2. The van der Waals surface area contributed by atoms with Crippen LogP contribution < -0.4 is 11.5 Å². The van der Waals surface area contributed by atoms with Crippen LogP contribution in [0.25, 0.3) is 0 Å². The molecule has 2 heterocycles. The molecule has 1 fully saturated rings. The van der Waals surface area contributed by atoms with Crippen molar-refractivity contribution in [3.05, 3.63) is 53.9 Å². The van der Waals surface area contributed by atoms with Gasteiger partial charge in [-0.25, -0.2) is 0 Å². The van der Waals surface area contributed by atoms with Gasteiger partial charge in [0.15, 0.2) is 0 Å². The summed E-state index contributed by atoms with van der Waals surface area (Å²) < 4.78 is 0. The average Bonchev–Trinajstić information content (AvgIpc) is 2.95. The zero-order valence-electron chi connectivity index (χ0n) is 11.7. The second-order valence-electron chi connectivity index (χ2n) is 5.33. The fourth-order valence-electron chi connectivity index (χ4n) is 2.91. The minimum Gasteiger partial charge on any atom is -0.399 e. The van der Waals surface area contributed by atoms with E-state index in [1.54, 1.807) is 30.6 Å². The van der Waals surface area contributed by atoms with Crippen LogP contribution in [0.2, 0.25) is 0 Å². The van der Waals surface area contributed by atoms with Crippen molar-refractivity contribution in [2.24, 2.45) is 0 Å². The molecule has 1 aromatic carbocycles. The molecule has 0 bridgehead atoms. The molecule has 0 spiro atoms. The van der Waals surface area contributed by atoms with Gasteiger partial charge in [0.1, 0.15) is 0 Å². The SMILES string of the molecule is Nc1cc(N)cc(C(=O)N2CCCC2c2ccncc2)c1. The maximum Gasteiger partial charge on any atom is 0.254 e. The van der Waals surface area contributed by atoms with Crippen LogP contribution in [0, 0.1) is 0 Å². The van der Waals surface area contributed by atoms with Gasteiger partial charge in [0.2, 0.25) is 0 Å². The van der Waals surface area contributed by atoms with Crippen LogP contribution in [0.4, 0.5) is 11.4 Å². The number of benzene rings is 1. The van der Waals surface area contributed by atoms with Gasteiger partial charge in [0, 0.05) is 35.9 Å². The molecule has 1 unspecified atom stereocenters. The molecular formula is C16H18N4O. The van der Waals surface area contributed by atoms with Gasteiger partial charge >= 0.3 is 0 Å². The van der Waals surface area contributed by atoms with Gasteiger partial charge in [-0.2, -0.15) is 0 Å². The minimum absolute atomic E-state index is 0.0201. The van der Waals surface area contributed by atoms with Crippen molar-refractivity contribution >= 4 is 17.3 Å². The van der Waals surface area contributed by atoms with E-state index in [1.165, 1.54) is 0 Å². The first-order chi connectivity index (χ1) is 10.1. The molecule has 5 heteroatoms. The first-order valence-corrected chi connectivity index (χ1v) is 7.02. The Hall–Kier alpha value is -2.56. The summed E-state index contributed by atoms with van der Waals surface area (Å²) in [6, 6.07) is 9.04. The molecule has 0 aliphatic carbocycles. The summed E-state index contributed by atoms with van der Waals surface area (Å²) in [7, 11) is 0. The van der Waals surface area contributed by atoms with E-state index in [2.05, 4.69) is 4.98 Å². The summed E-state index contributed by atoms with van der Waals surface area (Å²) in [5.41, 5.74) is 14.3.